The van der Waals surface area contributed by atoms with Gasteiger partial charge in [-0.3, -0.25) is 0 Å². The average molecular weight is 1940 g/mol. The maximum Gasteiger partial charge on any atom is 0.0619 e. The van der Waals surface area contributed by atoms with Gasteiger partial charge in [0, 0.05) is 169 Å². The van der Waals surface area contributed by atoms with E-state index in [0.717, 1.165) is 68.2 Å². The molecule has 4 aromatic heterocycles. The number of fused-ring (bicyclic) bond motifs is 18. The highest BCUT2D eigenvalue weighted by molar-refractivity contribution is 7.27. The second-order valence-corrected chi connectivity index (χ2v) is 43.0. The highest BCUT2D eigenvalue weighted by atomic mass is 32.1. The van der Waals surface area contributed by atoms with Crippen LogP contribution in [0.3, 0.4) is 0 Å². The molecular formula is C138H96N4S4. The van der Waals surface area contributed by atoms with Gasteiger partial charge in [-0.25, -0.2) is 0 Å². The van der Waals surface area contributed by atoms with Crippen LogP contribution in [0, 0.1) is 0 Å². The van der Waals surface area contributed by atoms with Crippen molar-refractivity contribution >= 4 is 259 Å². The smallest absolute Gasteiger partial charge is 0.0619 e. The molecule has 0 bridgehead atoms. The molecule has 0 aliphatic carbocycles. The average Bonchev–Trinajstić information content (AvgIpc) is 1.02. The molecule has 0 amide bonds. The van der Waals surface area contributed by atoms with E-state index in [-0.39, 0.29) is 0 Å². The highest BCUT2D eigenvalue weighted by Gasteiger charge is 2.31. The van der Waals surface area contributed by atoms with Crippen LogP contribution < -0.4 is 19.6 Å². The summed E-state index contributed by atoms with van der Waals surface area (Å²) in [4.78, 5) is 10.1. The fourth-order valence-electron chi connectivity index (χ4n) is 22.6. The lowest BCUT2D eigenvalue weighted by Gasteiger charge is -2.32. The molecular weight excluding hydrogens is 1840 g/mol. The van der Waals surface area contributed by atoms with Crippen molar-refractivity contribution in [1.82, 2.24) is 0 Å². The summed E-state index contributed by atoms with van der Waals surface area (Å²) < 4.78 is 10.5. The highest BCUT2D eigenvalue weighted by Crippen LogP contribution is 2.57. The van der Waals surface area contributed by atoms with Gasteiger partial charge in [-0.1, -0.05) is 380 Å². The summed E-state index contributed by atoms with van der Waals surface area (Å²) in [6.45, 7) is 9.18. The molecule has 692 valence electrons. The lowest BCUT2D eigenvalue weighted by Crippen LogP contribution is -2.14. The topological polar surface area (TPSA) is 13.0 Å². The second kappa shape index (κ2) is 36.7. The molecule has 28 aromatic rings. The summed E-state index contributed by atoms with van der Waals surface area (Å²) in [6, 6.07) is 185. The van der Waals surface area contributed by atoms with Crippen molar-refractivity contribution in [2.24, 2.45) is 0 Å². The Labute approximate surface area is 864 Å². The Hall–Kier alpha value is -17.1. The Morgan fingerprint density at radius 3 is 0.610 bits per heavy atom. The van der Waals surface area contributed by atoms with Gasteiger partial charge in [-0.05, 0) is 235 Å². The van der Waals surface area contributed by atoms with Crippen molar-refractivity contribution in [3.63, 3.8) is 0 Å². The minimum absolute atomic E-state index is 0.343. The summed E-state index contributed by atoms with van der Waals surface area (Å²) in [7, 11) is 0. The van der Waals surface area contributed by atoms with Crippen LogP contribution in [0.1, 0.15) is 50.7 Å². The third kappa shape index (κ3) is 15.3. The molecule has 0 radical (unpaired) electrons. The van der Waals surface area contributed by atoms with E-state index in [2.05, 4.69) is 545 Å². The maximum atomic E-state index is 2.56. The molecule has 24 aromatic carbocycles. The molecule has 0 saturated carbocycles. The summed E-state index contributed by atoms with van der Waals surface area (Å²) >= 11 is 7.53. The molecule has 146 heavy (non-hydrogen) atoms. The van der Waals surface area contributed by atoms with Crippen LogP contribution in [0.2, 0.25) is 0 Å². The van der Waals surface area contributed by atoms with Crippen LogP contribution in [-0.4, -0.2) is 0 Å². The van der Waals surface area contributed by atoms with Crippen molar-refractivity contribution in [3.05, 3.63) is 509 Å². The van der Waals surface area contributed by atoms with E-state index >= 15 is 0 Å². The lowest BCUT2D eigenvalue weighted by molar-refractivity contribution is 0.866. The number of thiophene rings is 4. The number of rotatable bonds is 18. The second-order valence-electron chi connectivity index (χ2n) is 38.8. The summed E-state index contributed by atoms with van der Waals surface area (Å²) in [5.74, 6) is 0.686. The molecule has 0 unspecified atom stereocenters. The number of hydrogen-bond acceptors (Lipinski definition) is 8. The van der Waals surface area contributed by atoms with Gasteiger partial charge in [0.15, 0.2) is 0 Å². The van der Waals surface area contributed by atoms with Gasteiger partial charge in [-0.15, -0.1) is 45.3 Å². The van der Waals surface area contributed by atoms with E-state index in [9.17, 15) is 0 Å². The van der Waals surface area contributed by atoms with E-state index in [0.29, 0.717) is 11.8 Å². The zero-order valence-corrected chi connectivity index (χ0v) is 84.2. The van der Waals surface area contributed by atoms with Gasteiger partial charge in [0.2, 0.25) is 0 Å². The molecule has 28 rings (SSSR count). The largest absolute Gasteiger partial charge is 0.309 e. The summed E-state index contributed by atoms with van der Waals surface area (Å²) in [5, 5.41) is 24.6. The lowest BCUT2D eigenvalue weighted by atomic mass is 9.92. The van der Waals surface area contributed by atoms with Crippen LogP contribution in [0.5, 0.6) is 0 Å². The van der Waals surface area contributed by atoms with E-state index in [4.69, 9.17) is 0 Å². The van der Waals surface area contributed by atoms with Crippen LogP contribution in [0.4, 0.5) is 68.2 Å². The number of nitrogens with zero attached hydrogens (tertiary/aromatic N) is 4. The summed E-state index contributed by atoms with van der Waals surface area (Å²) in [5.41, 5.74) is 25.8. The first-order chi connectivity index (χ1) is 72.1. The Morgan fingerprint density at radius 2 is 0.349 bits per heavy atom. The molecule has 0 spiro atoms. The van der Waals surface area contributed by atoms with Crippen molar-refractivity contribution in [2.75, 3.05) is 19.6 Å². The first-order valence-corrected chi connectivity index (χ1v) is 53.6. The van der Waals surface area contributed by atoms with Gasteiger partial charge < -0.3 is 19.6 Å². The molecule has 4 nitrogen and oxygen atoms in total. The van der Waals surface area contributed by atoms with Crippen molar-refractivity contribution in [1.29, 1.82) is 0 Å². The Morgan fingerprint density at radius 1 is 0.151 bits per heavy atom. The number of para-hydroxylation sites is 2. The zero-order chi connectivity index (χ0) is 97.1. The quantitative estimate of drug-likeness (QED) is 0.0794. The van der Waals surface area contributed by atoms with E-state index in [1.165, 1.54) is 201 Å². The van der Waals surface area contributed by atoms with Crippen LogP contribution in [-0.2, 0) is 0 Å². The zero-order valence-electron chi connectivity index (χ0n) is 80.9. The molecule has 4 heterocycles. The Kier molecular flexibility index (Phi) is 22.1. The fraction of sp³-hybridized carbons (Fsp3) is 0.0435. The molecule has 0 aliphatic heterocycles. The Balaban J connectivity index is 0.000000145. The molecule has 0 N–H and O–H groups in total. The van der Waals surface area contributed by atoms with Gasteiger partial charge in [0.1, 0.15) is 0 Å². The normalized spacial score (nSPS) is 11.8. The fourth-order valence-corrected chi connectivity index (χ4v) is 27.5. The van der Waals surface area contributed by atoms with Gasteiger partial charge in [-0.2, -0.15) is 0 Å². The molecule has 0 fully saturated rings. The van der Waals surface area contributed by atoms with E-state index in [1.807, 2.05) is 45.3 Å². The van der Waals surface area contributed by atoms with E-state index < -0.39 is 0 Å². The monoisotopic (exact) mass is 1940 g/mol. The van der Waals surface area contributed by atoms with Crippen molar-refractivity contribution in [2.45, 2.75) is 39.5 Å². The van der Waals surface area contributed by atoms with Crippen LogP contribution in [0.25, 0.3) is 190 Å². The predicted molar refractivity (Wildman–Crippen MR) is 638 cm³/mol. The maximum absolute atomic E-state index is 2.56. The number of anilines is 12. The molecule has 0 atom stereocenters. The van der Waals surface area contributed by atoms with Gasteiger partial charge in [0.25, 0.3) is 0 Å². The minimum Gasteiger partial charge on any atom is -0.309 e. The predicted octanol–water partition coefficient (Wildman–Crippen LogP) is 42.6. The van der Waals surface area contributed by atoms with Crippen LogP contribution >= 0.6 is 45.3 Å². The van der Waals surface area contributed by atoms with Crippen molar-refractivity contribution < 1.29 is 0 Å². The van der Waals surface area contributed by atoms with Crippen LogP contribution in [0.15, 0.2) is 497 Å². The minimum atomic E-state index is 0.343. The summed E-state index contributed by atoms with van der Waals surface area (Å²) in [6.07, 6.45) is 0. The molecule has 0 saturated heterocycles. The Bertz CT molecular complexity index is 9470. The van der Waals surface area contributed by atoms with Crippen molar-refractivity contribution in [3.8, 4) is 44.5 Å². The first kappa shape index (κ1) is 87.9. The van der Waals surface area contributed by atoms with Gasteiger partial charge >= 0.3 is 0 Å². The SMILES string of the molecule is CC(C)c1cccc(N(c2cccc(-c3cccc4c3sc3ccccc34)c2)c2c3ccccc3cc3c(N(c4cccc(-c5cccc6c5sc5ccccc56)c4)c4cccc(C(C)C)c4)c4ccccc4cc23)c1.c1ccc(N(c2cccc(-c3cccc4c3sc3ccccc34)c2)c2c3ccccc3cc3c(N(c4ccccc4)c4cccc(-c5cccc6c5sc5ccccc56)c4)c4ccccc4cc23)cc1. The third-order valence-electron chi connectivity index (χ3n) is 29.5. The molecule has 8 heteroatoms. The van der Waals surface area contributed by atoms with E-state index in [1.54, 1.807) is 0 Å². The van der Waals surface area contributed by atoms with Gasteiger partial charge in [0.05, 0.1) is 22.7 Å². The standard InChI is InChI=1S/C72H54N2S2.C66H42N2S2/c1-45(2)47-21-13-25-53(39-47)73(55-27-15-23-49(41-55)59-33-17-35-63-61-31-9-11-37-67(61)75-71(59)63)69-57-29-7-5-19-51(57)44-66-65(69)43-52-20-6-8-30-58(52)70(66)74(54-26-14-22-48(40-54)46(3)4)56-28-16-24-50(42-56)60-34-18-36-64-62-32-10-12-38-68(62)76-72(60)64;1-3-23-47(24-4-1)67(49-27-15-21-43(39-49)53-33-17-35-57-55-31-11-13-37-61(55)69-65(53)57)63-51-29-9-7-19-45(51)42-60-59(63)41-46-20-8-10-30-52(46)64(60)68(48-25-5-2-6-26-48)50-28-16-22-44(40-50)54-34-18-36-58-56-32-12-14-38-62(56)70-66(54)58/h5-46H,1-4H3;1-42H. The number of benzene rings is 24. The molecule has 0 aliphatic rings. The number of hydrogen-bond donors (Lipinski definition) is 0. The third-order valence-corrected chi connectivity index (χ3v) is 34.3. The first-order valence-electron chi connectivity index (χ1n) is 50.4.